The van der Waals surface area contributed by atoms with Crippen LogP contribution in [0.5, 0.6) is 0 Å². The summed E-state index contributed by atoms with van der Waals surface area (Å²) >= 11 is 0. The molecule has 0 saturated heterocycles. The minimum atomic E-state index is 0. The molecule has 0 bridgehead atoms. The zero-order chi connectivity index (χ0) is 17.7. The molecule has 1 aromatic heterocycles. The van der Waals surface area contributed by atoms with Crippen LogP contribution in [0.4, 0.5) is 0 Å². The van der Waals surface area contributed by atoms with E-state index in [1.54, 1.807) is 0 Å². The molecular weight excluding hydrogens is 441 g/mol. The Morgan fingerprint density at radius 2 is 1.77 bits per heavy atom. The van der Waals surface area contributed by atoms with Crippen molar-refractivity contribution in [2.45, 2.75) is 26.4 Å². The fraction of sp³-hybridized carbons (Fsp3) is 0.368. The smallest absolute Gasteiger partial charge is 0.222 e. The molecular formula is C19H28IN5O. The van der Waals surface area contributed by atoms with Gasteiger partial charge in [0.15, 0.2) is 5.96 Å². The van der Waals surface area contributed by atoms with E-state index in [9.17, 15) is 4.79 Å². The first-order chi connectivity index (χ1) is 12.3. The first-order valence-electron chi connectivity index (χ1n) is 8.71. The van der Waals surface area contributed by atoms with Crippen molar-refractivity contribution >= 4 is 35.8 Å². The predicted molar refractivity (Wildman–Crippen MR) is 117 cm³/mol. The van der Waals surface area contributed by atoms with Crippen molar-refractivity contribution in [1.29, 1.82) is 0 Å². The molecule has 0 radical (unpaired) electrons. The number of benzene rings is 1. The number of amides is 1. The van der Waals surface area contributed by atoms with Gasteiger partial charge in [0, 0.05) is 45.0 Å². The van der Waals surface area contributed by atoms with Gasteiger partial charge in [-0.2, -0.15) is 0 Å². The second-order valence-corrected chi connectivity index (χ2v) is 5.62. The number of hydrogen-bond donors (Lipinski definition) is 3. The summed E-state index contributed by atoms with van der Waals surface area (Å²) in [5, 5.41) is 9.38. The SMILES string of the molecule is CCNC(=NCCC(=O)NCc1ccccc1)NCCn1cccc1.I. The van der Waals surface area contributed by atoms with Crippen LogP contribution in [-0.4, -0.2) is 36.1 Å². The number of carbonyl (C=O) groups excluding carboxylic acids is 1. The van der Waals surface area contributed by atoms with E-state index in [-0.39, 0.29) is 29.9 Å². The van der Waals surface area contributed by atoms with Crippen molar-refractivity contribution in [2.24, 2.45) is 4.99 Å². The van der Waals surface area contributed by atoms with Crippen LogP contribution in [0.3, 0.4) is 0 Å². The average molecular weight is 469 g/mol. The fourth-order valence-corrected chi connectivity index (χ4v) is 2.32. The Morgan fingerprint density at radius 1 is 1.04 bits per heavy atom. The first kappa shape index (κ1) is 22.0. The molecule has 0 aliphatic rings. The largest absolute Gasteiger partial charge is 0.357 e. The lowest BCUT2D eigenvalue weighted by Crippen LogP contribution is -2.39. The standard InChI is InChI=1S/C19H27N5O.HI/c1-2-20-19(22-12-15-24-13-6-7-14-24)21-11-10-18(25)23-16-17-8-4-3-5-9-17;/h3-9,13-14H,2,10-12,15-16H2,1H3,(H,23,25)(H2,20,21,22);1H. The van der Waals surface area contributed by atoms with E-state index in [2.05, 4.69) is 25.5 Å². The van der Waals surface area contributed by atoms with Gasteiger partial charge in [-0.3, -0.25) is 9.79 Å². The third-order valence-corrected chi connectivity index (χ3v) is 3.61. The highest BCUT2D eigenvalue weighted by molar-refractivity contribution is 14.0. The zero-order valence-corrected chi connectivity index (χ0v) is 17.5. The van der Waals surface area contributed by atoms with Gasteiger partial charge in [0.1, 0.15) is 0 Å². The number of aromatic nitrogens is 1. The lowest BCUT2D eigenvalue weighted by atomic mass is 10.2. The molecule has 0 atom stereocenters. The lowest BCUT2D eigenvalue weighted by Gasteiger charge is -2.11. The molecule has 1 aromatic carbocycles. The van der Waals surface area contributed by atoms with Gasteiger partial charge in [0.05, 0.1) is 6.54 Å². The number of rotatable bonds is 9. The van der Waals surface area contributed by atoms with Crippen LogP contribution in [0.25, 0.3) is 0 Å². The van der Waals surface area contributed by atoms with E-state index in [0.717, 1.165) is 31.2 Å². The molecule has 1 heterocycles. The van der Waals surface area contributed by atoms with Gasteiger partial charge in [0.25, 0.3) is 0 Å². The highest BCUT2D eigenvalue weighted by Crippen LogP contribution is 1.97. The summed E-state index contributed by atoms with van der Waals surface area (Å²) < 4.78 is 2.10. The summed E-state index contributed by atoms with van der Waals surface area (Å²) in [6.45, 7) is 5.47. The molecule has 0 fully saturated rings. The average Bonchev–Trinajstić information content (AvgIpc) is 3.14. The Bertz CT molecular complexity index is 643. The Kier molecular flexibility index (Phi) is 11.2. The minimum absolute atomic E-state index is 0. The molecule has 0 aliphatic heterocycles. The van der Waals surface area contributed by atoms with Crippen molar-refractivity contribution in [3.8, 4) is 0 Å². The third kappa shape index (κ3) is 8.89. The second-order valence-electron chi connectivity index (χ2n) is 5.62. The number of hydrogen-bond acceptors (Lipinski definition) is 2. The predicted octanol–water partition coefficient (Wildman–Crippen LogP) is 2.37. The number of nitrogens with one attached hydrogen (secondary N) is 3. The molecule has 26 heavy (non-hydrogen) atoms. The summed E-state index contributed by atoms with van der Waals surface area (Å²) in [4.78, 5) is 16.4. The molecule has 7 heteroatoms. The Labute approximate surface area is 172 Å². The highest BCUT2D eigenvalue weighted by atomic mass is 127. The van der Waals surface area contributed by atoms with Gasteiger partial charge in [-0.1, -0.05) is 30.3 Å². The Morgan fingerprint density at radius 3 is 2.46 bits per heavy atom. The molecule has 2 aromatic rings. The number of aliphatic imine (C=N–C) groups is 1. The number of nitrogens with zero attached hydrogens (tertiary/aromatic N) is 2. The van der Waals surface area contributed by atoms with E-state index in [0.29, 0.717) is 19.5 Å². The van der Waals surface area contributed by atoms with E-state index in [1.807, 2.05) is 61.8 Å². The van der Waals surface area contributed by atoms with Crippen molar-refractivity contribution in [3.05, 3.63) is 60.4 Å². The number of guanidine groups is 1. The molecule has 0 unspecified atom stereocenters. The van der Waals surface area contributed by atoms with E-state index in [1.165, 1.54) is 0 Å². The summed E-state index contributed by atoms with van der Waals surface area (Å²) in [6, 6.07) is 13.9. The Balaban J connectivity index is 0.00000338. The quantitative estimate of drug-likeness (QED) is 0.300. The zero-order valence-electron chi connectivity index (χ0n) is 15.1. The third-order valence-electron chi connectivity index (χ3n) is 3.61. The van der Waals surface area contributed by atoms with Crippen LogP contribution in [0.1, 0.15) is 18.9 Å². The summed E-state index contributed by atoms with van der Waals surface area (Å²) in [5.41, 5.74) is 1.10. The maximum absolute atomic E-state index is 11.9. The minimum Gasteiger partial charge on any atom is -0.357 e. The second kappa shape index (κ2) is 13.2. The molecule has 3 N–H and O–H groups in total. The van der Waals surface area contributed by atoms with Crippen molar-refractivity contribution in [3.63, 3.8) is 0 Å². The maximum atomic E-state index is 11.9. The van der Waals surface area contributed by atoms with Gasteiger partial charge in [-0.25, -0.2) is 0 Å². The topological polar surface area (TPSA) is 70.4 Å². The molecule has 0 aliphatic carbocycles. The molecule has 1 amide bonds. The monoisotopic (exact) mass is 469 g/mol. The van der Waals surface area contributed by atoms with Crippen LogP contribution in [-0.2, 0) is 17.9 Å². The van der Waals surface area contributed by atoms with Gasteiger partial charge < -0.3 is 20.5 Å². The van der Waals surface area contributed by atoms with Crippen LogP contribution >= 0.6 is 24.0 Å². The van der Waals surface area contributed by atoms with Gasteiger partial charge in [-0.15, -0.1) is 24.0 Å². The van der Waals surface area contributed by atoms with Crippen LogP contribution < -0.4 is 16.0 Å². The molecule has 0 saturated carbocycles. The van der Waals surface area contributed by atoms with Crippen LogP contribution in [0.2, 0.25) is 0 Å². The summed E-state index contributed by atoms with van der Waals surface area (Å²) in [7, 11) is 0. The molecule has 142 valence electrons. The van der Waals surface area contributed by atoms with Crippen molar-refractivity contribution in [1.82, 2.24) is 20.5 Å². The lowest BCUT2D eigenvalue weighted by molar-refractivity contribution is -0.121. The molecule has 2 rings (SSSR count). The van der Waals surface area contributed by atoms with E-state index >= 15 is 0 Å². The highest BCUT2D eigenvalue weighted by Gasteiger charge is 2.02. The van der Waals surface area contributed by atoms with Crippen LogP contribution in [0.15, 0.2) is 59.9 Å². The maximum Gasteiger partial charge on any atom is 0.222 e. The summed E-state index contributed by atoms with van der Waals surface area (Å²) in [5.74, 6) is 0.751. The first-order valence-corrected chi connectivity index (χ1v) is 8.71. The van der Waals surface area contributed by atoms with E-state index in [4.69, 9.17) is 0 Å². The molecule has 0 spiro atoms. The van der Waals surface area contributed by atoms with Crippen molar-refractivity contribution < 1.29 is 4.79 Å². The fourth-order valence-electron chi connectivity index (χ4n) is 2.32. The van der Waals surface area contributed by atoms with Gasteiger partial charge in [-0.05, 0) is 24.6 Å². The van der Waals surface area contributed by atoms with Gasteiger partial charge >= 0.3 is 0 Å². The van der Waals surface area contributed by atoms with Crippen LogP contribution in [0, 0.1) is 0 Å². The number of carbonyl (C=O) groups is 1. The normalized spacial score (nSPS) is 10.7. The molecule has 6 nitrogen and oxygen atoms in total. The number of halogens is 1. The Hall–Kier alpha value is -2.03. The summed E-state index contributed by atoms with van der Waals surface area (Å²) in [6.07, 6.45) is 4.44. The van der Waals surface area contributed by atoms with Gasteiger partial charge in [0.2, 0.25) is 5.91 Å². The van der Waals surface area contributed by atoms with E-state index < -0.39 is 0 Å². The van der Waals surface area contributed by atoms with Crippen molar-refractivity contribution in [2.75, 3.05) is 19.6 Å².